The van der Waals surface area contributed by atoms with E-state index >= 15 is 0 Å². The Kier molecular flexibility index (Phi) is 25.8. The molecule has 2 aromatic rings. The number of aliphatic hydroxyl groups excluding tert-OH is 4. The van der Waals surface area contributed by atoms with Crippen LogP contribution < -0.4 is 60.2 Å². The fraction of sp³-hybridized carbons (Fsp3) is 0.540. The fourth-order valence-corrected chi connectivity index (χ4v) is 11.0. The lowest BCUT2D eigenvalue weighted by atomic mass is 9.99. The van der Waals surface area contributed by atoms with Crippen molar-refractivity contribution < 1.29 is 83.0 Å². The number of phenolic OH excluding ortho intramolecular Hbond substituents is 1. The van der Waals surface area contributed by atoms with E-state index in [0.717, 1.165) is 21.6 Å². The maximum Gasteiger partial charge on any atom is 0.246 e. The van der Waals surface area contributed by atoms with Crippen molar-refractivity contribution in [1.82, 2.24) is 42.1 Å². The summed E-state index contributed by atoms with van der Waals surface area (Å²) < 4.78 is 11.2. The van der Waals surface area contributed by atoms with Crippen molar-refractivity contribution in [3.05, 3.63) is 65.7 Å². The molecule has 0 spiro atoms. The molecule has 32 heteroatoms. The van der Waals surface area contributed by atoms with Crippen LogP contribution in [0.25, 0.3) is 0 Å². The second-order valence-electron chi connectivity index (χ2n) is 19.4. The number of nitrogens with two attached hydrogens (primary N) is 4. The number of benzene rings is 2. The van der Waals surface area contributed by atoms with E-state index in [1.165, 1.54) is 29.2 Å². The van der Waals surface area contributed by atoms with Gasteiger partial charge in [0.25, 0.3) is 0 Å². The van der Waals surface area contributed by atoms with Gasteiger partial charge in [-0.3, -0.25) is 52.9 Å². The molecule has 3 saturated heterocycles. The number of nitrogens with one attached hydrogen (secondary N) is 7. The number of rotatable bonds is 20. The maximum atomic E-state index is 14.7. The maximum absolute atomic E-state index is 14.7. The summed E-state index contributed by atoms with van der Waals surface area (Å²) in [5, 5.41) is 69.2. The van der Waals surface area contributed by atoms with E-state index < -0.39 is 158 Å². The normalized spacial score (nSPS) is 26.5. The van der Waals surface area contributed by atoms with Gasteiger partial charge in [-0.25, -0.2) is 0 Å². The first-order valence-electron chi connectivity index (χ1n) is 26.0. The summed E-state index contributed by atoms with van der Waals surface area (Å²) >= 11 is 0. The van der Waals surface area contributed by atoms with E-state index in [1.54, 1.807) is 30.3 Å². The summed E-state index contributed by atoms with van der Waals surface area (Å²) in [5.41, 5.74) is 22.7. The minimum absolute atomic E-state index is 0.0176. The Morgan fingerprint density at radius 2 is 1.39 bits per heavy atom. The first kappa shape index (κ1) is 65.5. The molecule has 3 aliphatic heterocycles. The molecule has 2 aromatic carbocycles. The highest BCUT2D eigenvalue weighted by Gasteiger charge is 2.45. The molecular weight excluding hydrogens is 1120 g/mol. The average molecular weight is 1190 g/mol. The Balaban J connectivity index is 1.50. The van der Waals surface area contributed by atoms with Crippen LogP contribution in [-0.2, 0) is 70.3 Å². The van der Waals surface area contributed by atoms with Gasteiger partial charge >= 0.3 is 0 Å². The number of ether oxygens (including phenoxy) is 2. The molecule has 5 rings (SSSR count). The minimum atomic E-state index is -1.99. The second-order valence-corrected chi connectivity index (χ2v) is 22.0. The number of phenols is 1. The van der Waals surface area contributed by atoms with E-state index in [1.807, 2.05) is 0 Å². The number of guanidine groups is 1. The SMILES string of the molecule is NC(=O)CNC(=O)[C@@H](CCCN=C(N)N)NC(=O)[C@@H]1CCCN1C(=O)C1CSSCCC(=O)NC(Cc2ccc(O)cc2)C(=O)N[C@@H](Cc2ccccc2)C(=O)N[C@@H](CO[C@@H]2O[C@H](CO)[C@H](O)[C@H](O)[C@H]2O)C(=O)NC(CC(N)=O)C(=O)N1. The second kappa shape index (κ2) is 32.3. The molecule has 10 amide bonds. The fourth-order valence-electron chi connectivity index (χ4n) is 8.81. The summed E-state index contributed by atoms with van der Waals surface area (Å²) in [6.07, 6.45) is -10.0. The number of primary amides is 2. The van der Waals surface area contributed by atoms with E-state index in [4.69, 9.17) is 32.4 Å². The van der Waals surface area contributed by atoms with Gasteiger partial charge in [-0.2, -0.15) is 0 Å². The van der Waals surface area contributed by atoms with Gasteiger partial charge in [-0.05, 0) is 48.9 Å². The van der Waals surface area contributed by atoms with Crippen molar-refractivity contribution in [2.24, 2.45) is 27.9 Å². The molecule has 3 aliphatic rings. The van der Waals surface area contributed by atoms with Gasteiger partial charge in [-0.15, -0.1) is 0 Å². The highest BCUT2D eigenvalue weighted by Crippen LogP contribution is 2.27. The number of aliphatic imine (C=N–C) groups is 1. The molecule has 82 heavy (non-hydrogen) atoms. The smallest absolute Gasteiger partial charge is 0.246 e. The summed E-state index contributed by atoms with van der Waals surface area (Å²) in [5.74, 6) is -9.79. The topological polar surface area (TPSA) is 494 Å². The minimum Gasteiger partial charge on any atom is -0.508 e. The van der Waals surface area contributed by atoms with Crippen LogP contribution in [-0.4, -0.2) is 213 Å². The number of aromatic hydroxyl groups is 1. The molecule has 450 valence electrons. The van der Waals surface area contributed by atoms with Crippen LogP contribution in [0, 0.1) is 0 Å². The summed E-state index contributed by atoms with van der Waals surface area (Å²) in [7, 11) is 2.11. The Hall–Kier alpha value is -7.33. The number of hydrogen-bond acceptors (Lipinski definition) is 20. The molecule has 0 saturated carbocycles. The third-order valence-corrected chi connectivity index (χ3v) is 15.5. The number of carbonyl (C=O) groups is 10. The highest BCUT2D eigenvalue weighted by molar-refractivity contribution is 8.76. The highest BCUT2D eigenvalue weighted by atomic mass is 33.1. The molecular formula is C50H71N13O17S2. The van der Waals surface area contributed by atoms with E-state index in [-0.39, 0.29) is 81.3 Å². The number of carbonyl (C=O) groups excluding carboxylic acids is 10. The van der Waals surface area contributed by atoms with Crippen LogP contribution in [0.1, 0.15) is 49.7 Å². The largest absolute Gasteiger partial charge is 0.508 e. The van der Waals surface area contributed by atoms with Crippen molar-refractivity contribution in [3.8, 4) is 5.75 Å². The molecule has 20 N–H and O–H groups in total. The van der Waals surface area contributed by atoms with E-state index in [2.05, 4.69) is 42.2 Å². The molecule has 3 fully saturated rings. The predicted molar refractivity (Wildman–Crippen MR) is 293 cm³/mol. The quantitative estimate of drug-likeness (QED) is 0.0254. The summed E-state index contributed by atoms with van der Waals surface area (Å²) in [4.78, 5) is 143. The van der Waals surface area contributed by atoms with Crippen molar-refractivity contribution >= 4 is 86.6 Å². The predicted octanol–water partition coefficient (Wildman–Crippen LogP) is -6.79. The van der Waals surface area contributed by atoms with Gasteiger partial charge in [0.05, 0.1) is 26.2 Å². The molecule has 0 aliphatic carbocycles. The van der Waals surface area contributed by atoms with Gasteiger partial charge in [0, 0.05) is 43.9 Å². The zero-order valence-corrected chi connectivity index (χ0v) is 46.0. The van der Waals surface area contributed by atoms with E-state index in [9.17, 15) is 73.5 Å². The van der Waals surface area contributed by atoms with Crippen LogP contribution in [0.2, 0.25) is 0 Å². The van der Waals surface area contributed by atoms with Crippen LogP contribution >= 0.6 is 21.6 Å². The van der Waals surface area contributed by atoms with Gasteiger partial charge in [0.1, 0.15) is 72.5 Å². The molecule has 3 heterocycles. The Labute approximate surface area is 478 Å². The van der Waals surface area contributed by atoms with E-state index in [0.29, 0.717) is 11.1 Å². The van der Waals surface area contributed by atoms with Gasteiger partial charge in [0.15, 0.2) is 12.2 Å². The lowest BCUT2D eigenvalue weighted by Crippen LogP contribution is -2.62. The lowest BCUT2D eigenvalue weighted by Gasteiger charge is -2.40. The van der Waals surface area contributed by atoms with Crippen LogP contribution in [0.4, 0.5) is 0 Å². The summed E-state index contributed by atoms with van der Waals surface area (Å²) in [6.45, 7) is -2.33. The van der Waals surface area contributed by atoms with Crippen LogP contribution in [0.3, 0.4) is 0 Å². The lowest BCUT2D eigenvalue weighted by molar-refractivity contribution is -0.301. The molecule has 0 aromatic heterocycles. The average Bonchev–Trinajstić information content (AvgIpc) is 4.14. The number of amides is 10. The number of aliphatic hydroxyl groups is 4. The zero-order chi connectivity index (χ0) is 60.0. The van der Waals surface area contributed by atoms with Crippen molar-refractivity contribution in [3.63, 3.8) is 0 Å². The van der Waals surface area contributed by atoms with Crippen molar-refractivity contribution in [2.75, 3.05) is 44.4 Å². The first-order valence-corrected chi connectivity index (χ1v) is 28.5. The zero-order valence-electron chi connectivity index (χ0n) is 44.4. The Bertz CT molecular complexity index is 2590. The number of hydrogen-bond donors (Lipinski definition) is 16. The monoisotopic (exact) mass is 1190 g/mol. The summed E-state index contributed by atoms with van der Waals surface area (Å²) in [6, 6.07) is 3.34. The third kappa shape index (κ3) is 20.3. The van der Waals surface area contributed by atoms with Gasteiger partial charge < -0.3 is 100 Å². The molecule has 30 nitrogen and oxygen atoms in total. The third-order valence-electron chi connectivity index (χ3n) is 13.1. The van der Waals surface area contributed by atoms with Gasteiger partial charge in [0.2, 0.25) is 59.1 Å². The van der Waals surface area contributed by atoms with Crippen molar-refractivity contribution in [1.29, 1.82) is 0 Å². The molecule has 3 unspecified atom stereocenters. The molecule has 0 radical (unpaired) electrons. The Morgan fingerprint density at radius 1 is 0.768 bits per heavy atom. The first-order chi connectivity index (χ1) is 39.0. The van der Waals surface area contributed by atoms with Crippen LogP contribution in [0.5, 0.6) is 5.75 Å². The molecule has 0 bridgehead atoms. The number of nitrogens with zero attached hydrogens (tertiary/aromatic N) is 2. The Morgan fingerprint density at radius 3 is 2.04 bits per heavy atom. The van der Waals surface area contributed by atoms with Crippen molar-refractivity contribution in [2.45, 2.75) is 124 Å². The van der Waals surface area contributed by atoms with Crippen LogP contribution in [0.15, 0.2) is 59.6 Å². The number of likely N-dealkylation sites (tertiary alicyclic amines) is 1. The van der Waals surface area contributed by atoms with Gasteiger partial charge in [-0.1, -0.05) is 64.1 Å². The standard InChI is InChI=1S/C50H71N13O17S2/c51-36(66)20-31-45(75)62-33(48(78)63-16-5-9-34(63)47(77)58-28(8-4-15-55-50(53)54)42(72)56-21-37(52)67)24-82-81-17-14-38(68)57-29(19-26-10-12-27(65)13-11-26)43(73)59-30(18-25-6-2-1-3-7-25)44(74)61-32(46(76)60-31)23-79-49-41(71)40(70)39(69)35(22-64)80-49/h1-3,6-7,10-13,28-35,39-41,49,64-65,69-71H,4-5,8-9,14-24H2,(H2,51,66)(H2,52,67)(H,56,72)(H,57,68)(H,58,77)(H,59,73)(H,60,76)(H,61,74)(H,62,75)(H4,53,54,55)/t28-,29?,30+,31?,32+,33?,34+,35-,39+,40+,41-,49-/m1/s1. The molecule has 12 atom stereocenters.